The quantitative estimate of drug-likeness (QED) is 0.930. The van der Waals surface area contributed by atoms with Crippen molar-refractivity contribution < 1.29 is 4.79 Å². The van der Waals surface area contributed by atoms with E-state index >= 15 is 0 Å². The van der Waals surface area contributed by atoms with Gasteiger partial charge in [-0.3, -0.25) is 4.79 Å². The Morgan fingerprint density at radius 1 is 1.10 bits per heavy atom. The van der Waals surface area contributed by atoms with E-state index in [4.69, 9.17) is 4.98 Å². The average molecular weight is 292 g/mol. The molecule has 0 atom stereocenters. The fraction of sp³-hybridized carbons (Fsp3) is 0.688. The highest BCUT2D eigenvalue weighted by atomic mass is 16.2. The minimum Gasteiger partial charge on any atom is -0.361 e. The predicted molar refractivity (Wildman–Crippen MR) is 86.6 cm³/mol. The molecule has 0 aliphatic carbocycles. The van der Waals surface area contributed by atoms with Gasteiger partial charge in [0.25, 0.3) is 0 Å². The Kier molecular flexibility index (Phi) is 4.97. The van der Waals surface area contributed by atoms with Crippen LogP contribution in [-0.4, -0.2) is 41.4 Å². The molecule has 0 bridgehead atoms. The van der Waals surface area contributed by atoms with Gasteiger partial charge in [0.15, 0.2) is 0 Å². The Bertz CT molecular complexity index is 478. The number of carbonyl (C=O) groups is 1. The van der Waals surface area contributed by atoms with E-state index < -0.39 is 0 Å². The van der Waals surface area contributed by atoms with E-state index in [0.29, 0.717) is 5.82 Å². The van der Waals surface area contributed by atoms with Crippen molar-refractivity contribution in [1.82, 2.24) is 14.9 Å². The molecule has 1 heterocycles. The van der Waals surface area contributed by atoms with Crippen LogP contribution in [0.4, 0.5) is 5.82 Å². The van der Waals surface area contributed by atoms with Crippen molar-refractivity contribution in [2.45, 2.75) is 52.4 Å². The van der Waals surface area contributed by atoms with Gasteiger partial charge in [0.2, 0.25) is 5.91 Å². The monoisotopic (exact) mass is 292 g/mol. The van der Waals surface area contributed by atoms with Crippen LogP contribution in [0.25, 0.3) is 0 Å². The molecular formula is C16H28N4O. The van der Waals surface area contributed by atoms with Gasteiger partial charge >= 0.3 is 0 Å². The Morgan fingerprint density at radius 2 is 1.67 bits per heavy atom. The first-order valence-electron chi connectivity index (χ1n) is 7.25. The van der Waals surface area contributed by atoms with Gasteiger partial charge in [0.05, 0.1) is 12.2 Å². The smallest absolute Gasteiger partial charge is 0.241 e. The molecule has 1 aromatic rings. The third-order valence-corrected chi connectivity index (χ3v) is 3.08. The van der Waals surface area contributed by atoms with Crippen LogP contribution < -0.4 is 5.32 Å². The second-order valence-electron chi connectivity index (χ2n) is 7.60. The van der Waals surface area contributed by atoms with E-state index in [-0.39, 0.29) is 23.3 Å². The Hall–Kier alpha value is -1.65. The van der Waals surface area contributed by atoms with Crippen LogP contribution in [0.5, 0.6) is 0 Å². The molecule has 1 N–H and O–H groups in total. The minimum absolute atomic E-state index is 0.0169. The Morgan fingerprint density at radius 3 is 2.10 bits per heavy atom. The summed E-state index contributed by atoms with van der Waals surface area (Å²) in [6.07, 6.45) is 0. The molecule has 0 aliphatic rings. The van der Waals surface area contributed by atoms with Gasteiger partial charge in [-0.05, 0) is 0 Å². The summed E-state index contributed by atoms with van der Waals surface area (Å²) in [5.74, 6) is 1.51. The second-order valence-corrected chi connectivity index (χ2v) is 7.60. The Labute approximate surface area is 128 Å². The van der Waals surface area contributed by atoms with Crippen LogP contribution in [-0.2, 0) is 15.6 Å². The standard InChI is InChI=1S/C16H28N4O/c1-15(2,3)11-9-12(17-10-13(21)20(7)8)19-14(18-11)16(4,5)6/h9H,10H2,1-8H3,(H,17,18,19). The van der Waals surface area contributed by atoms with Gasteiger partial charge in [0, 0.05) is 31.0 Å². The molecule has 0 unspecified atom stereocenters. The molecule has 1 rings (SSSR count). The van der Waals surface area contributed by atoms with Crippen LogP contribution in [0.1, 0.15) is 53.1 Å². The van der Waals surface area contributed by atoms with Crippen molar-refractivity contribution >= 4 is 11.7 Å². The van der Waals surface area contributed by atoms with Gasteiger partial charge in [-0.1, -0.05) is 41.5 Å². The van der Waals surface area contributed by atoms with Crippen LogP contribution in [0.2, 0.25) is 0 Å². The van der Waals surface area contributed by atoms with Crippen LogP contribution in [0, 0.1) is 0 Å². The summed E-state index contributed by atoms with van der Waals surface area (Å²) in [7, 11) is 3.48. The maximum absolute atomic E-state index is 11.7. The van der Waals surface area contributed by atoms with E-state index in [2.05, 4.69) is 51.8 Å². The Balaban J connectivity index is 3.11. The zero-order chi connectivity index (χ0) is 16.4. The summed E-state index contributed by atoms with van der Waals surface area (Å²) in [6, 6.07) is 1.93. The lowest BCUT2D eigenvalue weighted by Gasteiger charge is -2.24. The van der Waals surface area contributed by atoms with Crippen LogP contribution in [0.15, 0.2) is 6.07 Å². The van der Waals surface area contributed by atoms with Crippen molar-refractivity contribution in [1.29, 1.82) is 0 Å². The number of anilines is 1. The topological polar surface area (TPSA) is 58.1 Å². The van der Waals surface area contributed by atoms with Gasteiger partial charge in [-0.2, -0.15) is 0 Å². The van der Waals surface area contributed by atoms with E-state index in [1.54, 1.807) is 19.0 Å². The molecule has 0 radical (unpaired) electrons. The molecule has 1 amide bonds. The molecule has 21 heavy (non-hydrogen) atoms. The van der Waals surface area contributed by atoms with Crippen LogP contribution >= 0.6 is 0 Å². The molecule has 118 valence electrons. The summed E-state index contributed by atoms with van der Waals surface area (Å²) >= 11 is 0. The van der Waals surface area contributed by atoms with Gasteiger partial charge < -0.3 is 10.2 Å². The summed E-state index contributed by atoms with van der Waals surface area (Å²) in [5, 5.41) is 3.11. The zero-order valence-electron chi connectivity index (χ0n) is 14.5. The summed E-state index contributed by atoms with van der Waals surface area (Å²) in [5.41, 5.74) is 0.774. The van der Waals surface area contributed by atoms with Crippen molar-refractivity contribution in [2.75, 3.05) is 26.0 Å². The number of aromatic nitrogens is 2. The lowest BCUT2D eigenvalue weighted by molar-refractivity contribution is -0.126. The van der Waals surface area contributed by atoms with Crippen LogP contribution in [0.3, 0.4) is 0 Å². The number of nitrogens with one attached hydrogen (secondary N) is 1. The predicted octanol–water partition coefficient (Wildman–Crippen LogP) is 2.57. The zero-order valence-corrected chi connectivity index (χ0v) is 14.5. The second kappa shape index (κ2) is 6.00. The number of amides is 1. The molecular weight excluding hydrogens is 264 g/mol. The van der Waals surface area contributed by atoms with E-state index in [1.165, 1.54) is 0 Å². The van der Waals surface area contributed by atoms with Gasteiger partial charge in [-0.25, -0.2) is 9.97 Å². The normalized spacial score (nSPS) is 12.2. The molecule has 5 nitrogen and oxygen atoms in total. The molecule has 0 saturated carbocycles. The molecule has 0 spiro atoms. The lowest BCUT2D eigenvalue weighted by atomic mass is 9.90. The number of hydrogen-bond acceptors (Lipinski definition) is 4. The van der Waals surface area contributed by atoms with Crippen molar-refractivity contribution in [3.8, 4) is 0 Å². The van der Waals surface area contributed by atoms with E-state index in [1.807, 2.05) is 6.07 Å². The molecule has 0 fully saturated rings. The van der Waals surface area contributed by atoms with E-state index in [0.717, 1.165) is 11.5 Å². The first kappa shape index (κ1) is 17.4. The largest absolute Gasteiger partial charge is 0.361 e. The molecule has 0 aromatic carbocycles. The fourth-order valence-corrected chi connectivity index (χ4v) is 1.58. The van der Waals surface area contributed by atoms with Gasteiger partial charge in [0.1, 0.15) is 11.6 Å². The summed E-state index contributed by atoms with van der Waals surface area (Å²) in [4.78, 5) is 22.5. The molecule has 5 heteroatoms. The maximum Gasteiger partial charge on any atom is 0.241 e. The SMILES string of the molecule is CN(C)C(=O)CNc1cc(C(C)(C)C)nc(C(C)(C)C)n1. The average Bonchev–Trinajstić information content (AvgIpc) is 2.33. The lowest BCUT2D eigenvalue weighted by Crippen LogP contribution is -2.29. The van der Waals surface area contributed by atoms with Crippen molar-refractivity contribution in [3.05, 3.63) is 17.6 Å². The summed E-state index contributed by atoms with van der Waals surface area (Å²) in [6.45, 7) is 12.9. The molecule has 1 aromatic heterocycles. The third-order valence-electron chi connectivity index (χ3n) is 3.08. The number of hydrogen-bond donors (Lipinski definition) is 1. The number of rotatable bonds is 3. The van der Waals surface area contributed by atoms with Crippen molar-refractivity contribution in [3.63, 3.8) is 0 Å². The van der Waals surface area contributed by atoms with Crippen molar-refractivity contribution in [2.24, 2.45) is 0 Å². The summed E-state index contributed by atoms with van der Waals surface area (Å²) < 4.78 is 0. The first-order valence-corrected chi connectivity index (χ1v) is 7.25. The number of likely N-dealkylation sites (N-methyl/N-ethyl adjacent to an activating group) is 1. The highest BCUT2D eigenvalue weighted by molar-refractivity contribution is 5.80. The highest BCUT2D eigenvalue weighted by Crippen LogP contribution is 2.26. The fourth-order valence-electron chi connectivity index (χ4n) is 1.58. The molecule has 0 saturated heterocycles. The first-order chi connectivity index (χ1) is 9.41. The highest BCUT2D eigenvalue weighted by Gasteiger charge is 2.23. The number of carbonyl (C=O) groups excluding carboxylic acids is 1. The molecule has 0 aliphatic heterocycles. The van der Waals surface area contributed by atoms with Gasteiger partial charge in [-0.15, -0.1) is 0 Å². The maximum atomic E-state index is 11.7. The number of nitrogens with zero attached hydrogens (tertiary/aromatic N) is 3. The van der Waals surface area contributed by atoms with E-state index in [9.17, 15) is 4.79 Å². The minimum atomic E-state index is -0.136. The third kappa shape index (κ3) is 4.99.